The van der Waals surface area contributed by atoms with Crippen molar-refractivity contribution in [3.8, 4) is 0 Å². The highest BCUT2D eigenvalue weighted by molar-refractivity contribution is 14.1. The number of rotatable bonds is 3. The summed E-state index contributed by atoms with van der Waals surface area (Å²) in [7, 11) is 1.55. The third-order valence-electron chi connectivity index (χ3n) is 6.28. The molecule has 3 rings (SSSR count). The topological polar surface area (TPSA) is 38.3 Å². The Morgan fingerprint density at radius 1 is 1.24 bits per heavy atom. The molecular formula is C17H28INO2. The fourth-order valence-corrected chi connectivity index (χ4v) is 6.63. The maximum atomic E-state index is 12.3. The van der Waals surface area contributed by atoms with E-state index in [9.17, 15) is 4.79 Å². The Bertz CT molecular complexity index is 389. The van der Waals surface area contributed by atoms with Crippen molar-refractivity contribution in [2.45, 2.75) is 67.9 Å². The maximum absolute atomic E-state index is 12.3. The normalized spacial score (nSPS) is 46.3. The van der Waals surface area contributed by atoms with Gasteiger partial charge in [0.15, 0.2) is 0 Å². The van der Waals surface area contributed by atoms with E-state index in [1.54, 1.807) is 7.11 Å². The summed E-state index contributed by atoms with van der Waals surface area (Å²) in [5, 5.41) is 3.65. The van der Waals surface area contributed by atoms with Crippen LogP contribution < -0.4 is 5.32 Å². The molecule has 3 nitrogen and oxygen atoms in total. The minimum Gasteiger partial charge on any atom is -0.469 e. The zero-order valence-electron chi connectivity index (χ0n) is 13.2. The molecule has 2 heterocycles. The van der Waals surface area contributed by atoms with Crippen LogP contribution in [0.2, 0.25) is 0 Å². The van der Waals surface area contributed by atoms with Gasteiger partial charge in [-0.1, -0.05) is 35.9 Å². The first-order chi connectivity index (χ1) is 10.1. The molecule has 3 aliphatic rings. The van der Waals surface area contributed by atoms with E-state index in [1.165, 1.54) is 38.5 Å². The number of nitrogens with one attached hydrogen (secondary N) is 1. The van der Waals surface area contributed by atoms with Crippen molar-refractivity contribution in [1.82, 2.24) is 5.32 Å². The van der Waals surface area contributed by atoms with E-state index in [-0.39, 0.29) is 11.9 Å². The summed E-state index contributed by atoms with van der Waals surface area (Å²) < 4.78 is 5.94. The van der Waals surface area contributed by atoms with Crippen LogP contribution in [0.4, 0.5) is 0 Å². The van der Waals surface area contributed by atoms with Gasteiger partial charge >= 0.3 is 5.97 Å². The minimum atomic E-state index is 0.0282. The molecule has 0 aromatic rings. The summed E-state index contributed by atoms with van der Waals surface area (Å²) in [6.45, 7) is 2.32. The summed E-state index contributed by atoms with van der Waals surface area (Å²) in [5.74, 6) is 2.29. The number of halogens is 1. The highest BCUT2D eigenvalue weighted by Gasteiger charge is 2.49. The van der Waals surface area contributed by atoms with Crippen LogP contribution in [-0.4, -0.2) is 29.1 Å². The molecule has 0 aromatic heterocycles. The molecule has 21 heavy (non-hydrogen) atoms. The van der Waals surface area contributed by atoms with Crippen LogP contribution in [0.25, 0.3) is 0 Å². The number of methoxy groups -OCH3 is 1. The Morgan fingerprint density at radius 2 is 2.05 bits per heavy atom. The lowest BCUT2D eigenvalue weighted by atomic mass is 9.67. The maximum Gasteiger partial charge on any atom is 0.310 e. The van der Waals surface area contributed by atoms with Crippen LogP contribution in [-0.2, 0) is 9.53 Å². The predicted molar refractivity (Wildman–Crippen MR) is 92.5 cm³/mol. The number of carbonyl (C=O) groups excluding carboxylic acids is 1. The SMILES string of the molecule is CCC1CCC([C@H]2C[C@H]3CCC(N3)C2C(=O)OC)CC1I. The van der Waals surface area contributed by atoms with Gasteiger partial charge in [-0.25, -0.2) is 0 Å². The molecule has 0 spiro atoms. The summed E-state index contributed by atoms with van der Waals surface area (Å²) in [6.07, 6.45) is 8.85. The predicted octanol–water partition coefficient (Wildman–Crippen LogP) is 3.55. The van der Waals surface area contributed by atoms with E-state index >= 15 is 0 Å². The summed E-state index contributed by atoms with van der Waals surface area (Å²) in [6, 6.07) is 1.02. The average Bonchev–Trinajstić information content (AvgIpc) is 2.87. The summed E-state index contributed by atoms with van der Waals surface area (Å²) in [4.78, 5) is 12.3. The van der Waals surface area contributed by atoms with Crippen molar-refractivity contribution >= 4 is 28.6 Å². The van der Waals surface area contributed by atoms with Crippen LogP contribution >= 0.6 is 22.6 Å². The van der Waals surface area contributed by atoms with Gasteiger partial charge in [0, 0.05) is 16.0 Å². The Hall–Kier alpha value is 0.160. The lowest BCUT2D eigenvalue weighted by Crippen LogP contribution is -2.51. The van der Waals surface area contributed by atoms with E-state index in [4.69, 9.17) is 4.74 Å². The number of hydrogen-bond donors (Lipinski definition) is 1. The number of hydrogen-bond acceptors (Lipinski definition) is 3. The number of fused-ring (bicyclic) bond motifs is 2. The zero-order chi connectivity index (χ0) is 15.0. The summed E-state index contributed by atoms with van der Waals surface area (Å²) in [5.41, 5.74) is 0. The highest BCUT2D eigenvalue weighted by Crippen LogP contribution is 2.47. The van der Waals surface area contributed by atoms with E-state index < -0.39 is 0 Å². The Balaban J connectivity index is 1.74. The zero-order valence-corrected chi connectivity index (χ0v) is 15.3. The van der Waals surface area contributed by atoms with Crippen molar-refractivity contribution in [2.75, 3.05) is 7.11 Å². The van der Waals surface area contributed by atoms with Crippen LogP contribution in [0.3, 0.4) is 0 Å². The second-order valence-corrected chi connectivity index (χ2v) is 8.85. The Kier molecular flexibility index (Phi) is 5.14. The monoisotopic (exact) mass is 405 g/mol. The highest BCUT2D eigenvalue weighted by atomic mass is 127. The first-order valence-electron chi connectivity index (χ1n) is 8.62. The molecule has 7 atom stereocenters. The van der Waals surface area contributed by atoms with Crippen LogP contribution in [0.15, 0.2) is 0 Å². The average molecular weight is 405 g/mol. The van der Waals surface area contributed by atoms with Gasteiger partial charge in [-0.15, -0.1) is 0 Å². The second kappa shape index (κ2) is 6.73. The molecule has 2 saturated heterocycles. The number of esters is 1. The molecule has 5 unspecified atom stereocenters. The van der Waals surface area contributed by atoms with Gasteiger partial charge in [-0.2, -0.15) is 0 Å². The molecule has 1 aliphatic carbocycles. The first kappa shape index (κ1) is 16.0. The lowest BCUT2D eigenvalue weighted by Gasteiger charge is -2.44. The standard InChI is InChI=1S/C17H28INO2/c1-3-10-4-5-11(8-14(10)18)13-9-12-6-7-15(19-12)16(13)17(20)21-2/h10-16,19H,3-9H2,1-2H3/t10?,11?,12-,13-,14?,15?,16?/m1/s1. The van der Waals surface area contributed by atoms with E-state index in [1.807, 2.05) is 0 Å². The fraction of sp³-hybridized carbons (Fsp3) is 0.941. The van der Waals surface area contributed by atoms with Crippen molar-refractivity contribution in [2.24, 2.45) is 23.7 Å². The molecule has 120 valence electrons. The molecule has 0 radical (unpaired) electrons. The molecular weight excluding hydrogens is 377 g/mol. The van der Waals surface area contributed by atoms with Gasteiger partial charge in [0.1, 0.15) is 0 Å². The van der Waals surface area contributed by atoms with Gasteiger partial charge in [-0.05, 0) is 56.3 Å². The van der Waals surface area contributed by atoms with Gasteiger partial charge in [0.25, 0.3) is 0 Å². The van der Waals surface area contributed by atoms with Crippen molar-refractivity contribution < 1.29 is 9.53 Å². The van der Waals surface area contributed by atoms with Gasteiger partial charge < -0.3 is 10.1 Å². The number of alkyl halides is 1. The largest absolute Gasteiger partial charge is 0.469 e. The lowest BCUT2D eigenvalue weighted by molar-refractivity contribution is -0.151. The molecule has 2 bridgehead atoms. The van der Waals surface area contributed by atoms with Gasteiger partial charge in [-0.3, -0.25) is 4.79 Å². The van der Waals surface area contributed by atoms with E-state index in [2.05, 4.69) is 34.8 Å². The van der Waals surface area contributed by atoms with Crippen LogP contribution in [0.1, 0.15) is 51.9 Å². The van der Waals surface area contributed by atoms with Gasteiger partial charge in [0.05, 0.1) is 13.0 Å². The van der Waals surface area contributed by atoms with Crippen LogP contribution in [0.5, 0.6) is 0 Å². The quantitative estimate of drug-likeness (QED) is 0.444. The fourth-order valence-electron chi connectivity index (χ4n) is 5.11. The third-order valence-corrected chi connectivity index (χ3v) is 7.80. The summed E-state index contributed by atoms with van der Waals surface area (Å²) >= 11 is 2.66. The third kappa shape index (κ3) is 3.12. The number of carbonyl (C=O) groups is 1. The molecule has 2 aliphatic heterocycles. The smallest absolute Gasteiger partial charge is 0.310 e. The van der Waals surface area contributed by atoms with Crippen molar-refractivity contribution in [3.63, 3.8) is 0 Å². The number of ether oxygens (including phenoxy) is 1. The van der Waals surface area contributed by atoms with Crippen molar-refractivity contribution in [1.29, 1.82) is 0 Å². The van der Waals surface area contributed by atoms with Gasteiger partial charge in [0.2, 0.25) is 0 Å². The molecule has 1 N–H and O–H groups in total. The Morgan fingerprint density at radius 3 is 2.71 bits per heavy atom. The number of piperidine rings is 1. The Labute approximate surface area is 142 Å². The second-order valence-electron chi connectivity index (χ2n) is 7.25. The minimum absolute atomic E-state index is 0.0282. The molecule has 3 fully saturated rings. The van der Waals surface area contributed by atoms with E-state index in [0.29, 0.717) is 18.0 Å². The van der Waals surface area contributed by atoms with E-state index in [0.717, 1.165) is 22.2 Å². The first-order valence-corrected chi connectivity index (χ1v) is 9.86. The molecule has 0 amide bonds. The molecule has 1 saturated carbocycles. The molecule has 4 heteroatoms. The van der Waals surface area contributed by atoms with Crippen molar-refractivity contribution in [3.05, 3.63) is 0 Å². The van der Waals surface area contributed by atoms with Crippen LogP contribution in [0, 0.1) is 23.7 Å². The molecule has 0 aromatic carbocycles.